The van der Waals surface area contributed by atoms with Gasteiger partial charge in [-0.15, -0.1) is 0 Å². The Morgan fingerprint density at radius 3 is 2.40 bits per heavy atom. The summed E-state index contributed by atoms with van der Waals surface area (Å²) < 4.78 is 31.5. The molecule has 25 heavy (non-hydrogen) atoms. The molecule has 2 aromatic carbocycles. The summed E-state index contributed by atoms with van der Waals surface area (Å²) in [5, 5.41) is 11.3. The Bertz CT molecular complexity index is 920. The fourth-order valence-corrected chi connectivity index (χ4v) is 2.58. The summed E-state index contributed by atoms with van der Waals surface area (Å²) in [5.74, 6) is -3.23. The van der Waals surface area contributed by atoms with Crippen molar-refractivity contribution in [1.29, 1.82) is 0 Å². The number of carbonyl (C=O) groups is 1. The lowest BCUT2D eigenvalue weighted by atomic mass is 10.0. The molecule has 0 amide bonds. The number of aliphatic imine (C=N–C) groups is 1. The van der Waals surface area contributed by atoms with E-state index in [1.807, 2.05) is 0 Å². The van der Waals surface area contributed by atoms with Gasteiger partial charge in [0.1, 0.15) is 11.3 Å². The monoisotopic (exact) mass is 365 g/mol. The van der Waals surface area contributed by atoms with Crippen molar-refractivity contribution in [1.82, 2.24) is 0 Å². The summed E-state index contributed by atoms with van der Waals surface area (Å²) in [7, 11) is 1.18. The molecule has 1 N–H and O–H groups in total. The number of carbonyl (C=O) groups excluding carboxylic acids is 1. The number of rotatable bonds is 4. The molecule has 0 aliphatic heterocycles. The normalized spacial score (nSPS) is 15.5. The van der Waals surface area contributed by atoms with E-state index in [1.165, 1.54) is 25.5 Å². The van der Waals surface area contributed by atoms with Crippen LogP contribution in [-0.2, 0) is 9.53 Å². The lowest BCUT2D eigenvalue weighted by Gasteiger charge is -2.09. The second kappa shape index (κ2) is 6.80. The van der Waals surface area contributed by atoms with Gasteiger partial charge in [-0.1, -0.05) is 11.6 Å². The van der Waals surface area contributed by atoms with E-state index in [0.29, 0.717) is 10.8 Å². The third-order valence-electron chi connectivity index (χ3n) is 3.84. The third kappa shape index (κ3) is 3.64. The number of aliphatic hydroxyl groups is 1. The second-order valence-electron chi connectivity index (χ2n) is 5.71. The number of hydrogen-bond donors (Lipinski definition) is 1. The number of nitrogens with zero attached hydrogens (tertiary/aromatic N) is 1. The molecule has 0 aromatic heterocycles. The van der Waals surface area contributed by atoms with Crippen molar-refractivity contribution in [2.24, 2.45) is 4.99 Å². The number of esters is 1. The van der Waals surface area contributed by atoms with Gasteiger partial charge in [0.2, 0.25) is 0 Å². The van der Waals surface area contributed by atoms with Crippen molar-refractivity contribution in [3.05, 3.63) is 52.1 Å². The number of aliphatic hydroxyl groups excluding tert-OH is 1. The quantitative estimate of drug-likeness (QED) is 0.377. The van der Waals surface area contributed by atoms with Gasteiger partial charge >= 0.3 is 5.97 Å². The molecule has 0 atom stereocenters. The Hall–Kier alpha value is -2.47. The van der Waals surface area contributed by atoms with E-state index in [4.69, 9.17) is 11.6 Å². The highest BCUT2D eigenvalue weighted by atomic mass is 35.5. The Kier molecular flexibility index (Phi) is 4.72. The highest BCUT2D eigenvalue weighted by Crippen LogP contribution is 2.31. The van der Waals surface area contributed by atoms with Crippen LogP contribution in [0.2, 0.25) is 5.02 Å². The van der Waals surface area contributed by atoms with E-state index in [1.54, 1.807) is 0 Å². The lowest BCUT2D eigenvalue weighted by molar-refractivity contribution is -0.135. The molecule has 0 spiro atoms. The minimum atomic E-state index is -1.02. The fourth-order valence-electron chi connectivity index (χ4n) is 2.32. The van der Waals surface area contributed by atoms with Gasteiger partial charge in [0.05, 0.1) is 18.2 Å². The molecule has 130 valence electrons. The largest absolute Gasteiger partial charge is 0.506 e. The van der Waals surface area contributed by atoms with E-state index < -0.39 is 23.4 Å². The van der Waals surface area contributed by atoms with Crippen LogP contribution in [-0.4, -0.2) is 30.4 Å². The molecule has 1 aliphatic carbocycles. The van der Waals surface area contributed by atoms with Crippen molar-refractivity contribution >= 4 is 40.3 Å². The van der Waals surface area contributed by atoms with Gasteiger partial charge in [-0.25, -0.2) is 13.6 Å². The van der Waals surface area contributed by atoms with Crippen LogP contribution in [0.5, 0.6) is 0 Å². The maximum atomic E-state index is 13.5. The summed E-state index contributed by atoms with van der Waals surface area (Å²) >= 11 is 6.15. The van der Waals surface area contributed by atoms with E-state index >= 15 is 0 Å². The minimum Gasteiger partial charge on any atom is -0.506 e. The molecule has 3 rings (SSSR count). The smallest absolute Gasteiger partial charge is 0.343 e. The van der Waals surface area contributed by atoms with Gasteiger partial charge in [-0.2, -0.15) is 0 Å². The van der Waals surface area contributed by atoms with Gasteiger partial charge in [0.15, 0.2) is 11.6 Å². The molecule has 1 aliphatic rings. The molecule has 4 nitrogen and oxygen atoms in total. The van der Waals surface area contributed by atoms with Gasteiger partial charge in [-0.3, -0.25) is 4.99 Å². The van der Waals surface area contributed by atoms with Gasteiger partial charge in [0, 0.05) is 11.8 Å². The molecule has 0 saturated heterocycles. The molecule has 1 fully saturated rings. The molecular weight excluding hydrogens is 352 g/mol. The van der Waals surface area contributed by atoms with Crippen LogP contribution in [0, 0.1) is 11.6 Å². The molecule has 1 saturated carbocycles. The van der Waals surface area contributed by atoms with Crippen molar-refractivity contribution in [2.45, 2.75) is 18.9 Å². The topological polar surface area (TPSA) is 58.9 Å². The molecule has 0 radical (unpaired) electrons. The Labute approximate surface area is 147 Å². The first-order valence-corrected chi connectivity index (χ1v) is 7.92. The van der Waals surface area contributed by atoms with Crippen LogP contribution < -0.4 is 0 Å². The lowest BCUT2D eigenvalue weighted by Crippen LogP contribution is -2.09. The van der Waals surface area contributed by atoms with Gasteiger partial charge in [0.25, 0.3) is 0 Å². The maximum absolute atomic E-state index is 13.5. The number of methoxy groups -OCH3 is 1. The van der Waals surface area contributed by atoms with Crippen molar-refractivity contribution in [3.63, 3.8) is 0 Å². The zero-order valence-corrected chi connectivity index (χ0v) is 14.0. The second-order valence-corrected chi connectivity index (χ2v) is 6.12. The van der Waals surface area contributed by atoms with Crippen LogP contribution in [0.1, 0.15) is 18.4 Å². The fraction of sp³-hybridized carbons (Fsp3) is 0.222. The number of benzene rings is 2. The number of halogens is 3. The zero-order chi connectivity index (χ0) is 18.1. The highest BCUT2D eigenvalue weighted by molar-refractivity contribution is 6.33. The average molecular weight is 366 g/mol. The first kappa shape index (κ1) is 17.4. The van der Waals surface area contributed by atoms with Crippen molar-refractivity contribution < 1.29 is 23.4 Å². The summed E-state index contributed by atoms with van der Waals surface area (Å²) in [6, 6.07) is 4.91. The summed E-state index contributed by atoms with van der Waals surface area (Å²) in [5.41, 5.74) is -0.0546. The average Bonchev–Trinajstić information content (AvgIpc) is 3.40. The van der Waals surface area contributed by atoms with E-state index in [9.17, 15) is 18.7 Å². The molecule has 0 bridgehead atoms. The molecule has 7 heteroatoms. The van der Waals surface area contributed by atoms with Crippen LogP contribution >= 0.6 is 11.6 Å². The zero-order valence-electron chi connectivity index (χ0n) is 13.2. The Morgan fingerprint density at radius 2 is 1.84 bits per heavy atom. The van der Waals surface area contributed by atoms with E-state index in [-0.39, 0.29) is 22.2 Å². The van der Waals surface area contributed by atoms with Crippen LogP contribution in [0.15, 0.2) is 34.8 Å². The Morgan fingerprint density at radius 1 is 1.24 bits per heavy atom. The van der Waals surface area contributed by atoms with E-state index in [2.05, 4.69) is 9.73 Å². The minimum absolute atomic E-state index is 0.0808. The molecule has 0 heterocycles. The van der Waals surface area contributed by atoms with Crippen LogP contribution in [0.4, 0.5) is 8.78 Å². The SMILES string of the molecule is COC(=O)/C(C=NC1CC1)=C(\O)c1cc2cc(F)c(F)cc2cc1Cl. The van der Waals surface area contributed by atoms with Crippen molar-refractivity contribution in [3.8, 4) is 0 Å². The van der Waals surface area contributed by atoms with Gasteiger partial charge < -0.3 is 9.84 Å². The number of fused-ring (bicyclic) bond motifs is 1. The standard InChI is InChI=1S/C18H14ClF2NO3/c1-25-18(24)13(8-22-11-2-3-11)17(23)12-4-9-6-15(20)16(21)7-10(9)5-14(12)19/h4-8,11,23H,2-3H2,1H3/b17-13-,22-8?. The summed E-state index contributed by atoms with van der Waals surface area (Å²) in [6.07, 6.45) is 3.10. The highest BCUT2D eigenvalue weighted by Gasteiger charge is 2.22. The van der Waals surface area contributed by atoms with E-state index in [0.717, 1.165) is 25.0 Å². The molecule has 0 unspecified atom stereocenters. The first-order valence-electron chi connectivity index (χ1n) is 7.54. The van der Waals surface area contributed by atoms with Crippen LogP contribution in [0.25, 0.3) is 16.5 Å². The Balaban J connectivity index is 2.15. The van der Waals surface area contributed by atoms with Crippen molar-refractivity contribution in [2.75, 3.05) is 7.11 Å². The molecule has 2 aromatic rings. The molecular formula is C18H14ClF2NO3. The van der Waals surface area contributed by atoms with Crippen LogP contribution in [0.3, 0.4) is 0 Å². The number of hydrogen-bond acceptors (Lipinski definition) is 4. The summed E-state index contributed by atoms with van der Waals surface area (Å²) in [4.78, 5) is 16.1. The summed E-state index contributed by atoms with van der Waals surface area (Å²) in [6.45, 7) is 0. The first-order chi connectivity index (χ1) is 11.9. The maximum Gasteiger partial charge on any atom is 0.343 e. The third-order valence-corrected chi connectivity index (χ3v) is 4.15. The van der Waals surface area contributed by atoms with Gasteiger partial charge in [-0.05, 0) is 47.9 Å². The number of ether oxygens (including phenoxy) is 1. The predicted octanol–water partition coefficient (Wildman–Crippen LogP) is 4.45. The predicted molar refractivity (Wildman–Crippen MR) is 92.0 cm³/mol.